The molecule has 0 saturated heterocycles. The molecule has 1 aliphatic rings. The second-order valence-corrected chi connectivity index (χ2v) is 14.4. The first-order valence-electron chi connectivity index (χ1n) is 19.0. The number of hydrogen-bond donors (Lipinski definition) is 0. The standard InChI is InChI=1S/C52H34N4/c1-4-17-39(18-5-1)52(40-19-6-2-7-20-40)45-25-12-10-24-43(45)50-48(52)49(54-51(55-50)38-16-14-15-36(33-38)35-29-31-53-32-30-35)37-27-28-47-44(34-37)42-23-11-13-26-46(42)56(47)41-21-8-3-9-22-41/h1-34H. The molecule has 0 amide bonds. The van der Waals surface area contributed by atoms with E-state index in [2.05, 4.69) is 192 Å². The highest BCUT2D eigenvalue weighted by Crippen LogP contribution is 2.58. The second-order valence-electron chi connectivity index (χ2n) is 14.4. The first-order valence-corrected chi connectivity index (χ1v) is 19.0. The summed E-state index contributed by atoms with van der Waals surface area (Å²) < 4.78 is 2.36. The normalized spacial score (nSPS) is 12.8. The number of pyridine rings is 1. The Hall–Kier alpha value is -7.43. The van der Waals surface area contributed by atoms with Crippen LogP contribution in [0.4, 0.5) is 0 Å². The molecule has 0 N–H and O–H groups in total. The van der Waals surface area contributed by atoms with E-state index in [1.807, 2.05) is 24.5 Å². The Morgan fingerprint density at radius 3 is 1.80 bits per heavy atom. The van der Waals surface area contributed by atoms with Gasteiger partial charge >= 0.3 is 0 Å². The Morgan fingerprint density at radius 1 is 0.411 bits per heavy atom. The summed E-state index contributed by atoms with van der Waals surface area (Å²) in [4.78, 5) is 15.5. The monoisotopic (exact) mass is 714 g/mol. The van der Waals surface area contributed by atoms with Crippen LogP contribution in [0.15, 0.2) is 207 Å². The van der Waals surface area contributed by atoms with E-state index in [0.29, 0.717) is 5.82 Å². The summed E-state index contributed by atoms with van der Waals surface area (Å²) in [7, 11) is 0. The Bertz CT molecular complexity index is 3020. The van der Waals surface area contributed by atoms with Crippen molar-refractivity contribution in [1.82, 2.24) is 19.5 Å². The van der Waals surface area contributed by atoms with E-state index < -0.39 is 5.41 Å². The van der Waals surface area contributed by atoms with Gasteiger partial charge in [-0.15, -0.1) is 0 Å². The largest absolute Gasteiger partial charge is 0.309 e. The van der Waals surface area contributed by atoms with E-state index in [4.69, 9.17) is 9.97 Å². The Balaban J connectivity index is 1.26. The third-order valence-corrected chi connectivity index (χ3v) is 11.4. The number of benzene rings is 7. The molecule has 0 fully saturated rings. The molecule has 262 valence electrons. The van der Waals surface area contributed by atoms with Crippen molar-refractivity contribution < 1.29 is 0 Å². The highest BCUT2D eigenvalue weighted by atomic mass is 15.0. The molecule has 1 aliphatic carbocycles. The van der Waals surface area contributed by atoms with Gasteiger partial charge in [-0.2, -0.15) is 0 Å². The predicted molar refractivity (Wildman–Crippen MR) is 228 cm³/mol. The molecular formula is C52H34N4. The molecule has 0 radical (unpaired) electrons. The van der Waals surface area contributed by atoms with Crippen LogP contribution in [0.1, 0.15) is 22.3 Å². The fourth-order valence-electron chi connectivity index (χ4n) is 9.00. The minimum absolute atomic E-state index is 0.672. The molecule has 0 aliphatic heterocycles. The molecule has 0 bridgehead atoms. The molecule has 11 rings (SSSR count). The fourth-order valence-corrected chi connectivity index (χ4v) is 9.00. The summed E-state index contributed by atoms with van der Waals surface area (Å²) in [6.45, 7) is 0. The smallest absolute Gasteiger partial charge is 0.160 e. The molecule has 3 heterocycles. The van der Waals surface area contributed by atoms with Crippen LogP contribution in [0.2, 0.25) is 0 Å². The van der Waals surface area contributed by atoms with Crippen molar-refractivity contribution in [3.63, 3.8) is 0 Å². The molecule has 0 saturated carbocycles. The molecule has 4 heteroatoms. The average molecular weight is 715 g/mol. The zero-order valence-electron chi connectivity index (χ0n) is 30.4. The van der Waals surface area contributed by atoms with Crippen LogP contribution in [0.5, 0.6) is 0 Å². The van der Waals surface area contributed by atoms with Gasteiger partial charge in [0.25, 0.3) is 0 Å². The highest BCUT2D eigenvalue weighted by molar-refractivity contribution is 6.10. The molecule has 3 aromatic heterocycles. The maximum absolute atomic E-state index is 5.67. The average Bonchev–Trinajstić information content (AvgIpc) is 3.78. The number of para-hydroxylation sites is 2. The molecule has 4 nitrogen and oxygen atoms in total. The molecule has 10 aromatic rings. The molecule has 7 aromatic carbocycles. The van der Waals surface area contributed by atoms with E-state index in [1.54, 1.807) is 0 Å². The minimum Gasteiger partial charge on any atom is -0.309 e. The first-order chi connectivity index (χ1) is 27.8. The third-order valence-electron chi connectivity index (χ3n) is 11.4. The summed E-state index contributed by atoms with van der Waals surface area (Å²) in [5, 5.41) is 2.38. The highest BCUT2D eigenvalue weighted by Gasteiger charge is 2.49. The third kappa shape index (κ3) is 4.83. The van der Waals surface area contributed by atoms with Crippen molar-refractivity contribution in [2.75, 3.05) is 0 Å². The van der Waals surface area contributed by atoms with Gasteiger partial charge in [-0.1, -0.05) is 146 Å². The SMILES string of the molecule is c1ccc(-n2c3ccccc3c3cc(-c4nc(-c5cccc(-c6ccncc6)c5)nc5c4C(c4ccccc4)(c4ccccc4)c4ccccc4-5)ccc32)cc1. The lowest BCUT2D eigenvalue weighted by molar-refractivity contribution is 0.763. The minimum atomic E-state index is -0.672. The van der Waals surface area contributed by atoms with Crippen LogP contribution in [0.25, 0.3) is 72.5 Å². The summed E-state index contributed by atoms with van der Waals surface area (Å²) in [5.74, 6) is 0.688. The van der Waals surface area contributed by atoms with E-state index in [1.165, 1.54) is 33.0 Å². The molecule has 0 atom stereocenters. The zero-order chi connectivity index (χ0) is 37.1. The van der Waals surface area contributed by atoms with E-state index in [0.717, 1.165) is 56.0 Å². The summed E-state index contributed by atoms with van der Waals surface area (Å²) >= 11 is 0. The lowest BCUT2D eigenvalue weighted by atomic mass is 9.67. The van der Waals surface area contributed by atoms with E-state index in [9.17, 15) is 0 Å². The van der Waals surface area contributed by atoms with Gasteiger partial charge in [0.2, 0.25) is 0 Å². The Morgan fingerprint density at radius 2 is 1.04 bits per heavy atom. The molecule has 56 heavy (non-hydrogen) atoms. The number of aromatic nitrogens is 4. The maximum atomic E-state index is 5.67. The van der Waals surface area contributed by atoms with Gasteiger partial charge in [0.15, 0.2) is 5.82 Å². The second kappa shape index (κ2) is 12.9. The van der Waals surface area contributed by atoms with Crippen LogP contribution >= 0.6 is 0 Å². The van der Waals surface area contributed by atoms with Crippen molar-refractivity contribution in [2.45, 2.75) is 5.41 Å². The van der Waals surface area contributed by atoms with Crippen molar-refractivity contribution in [1.29, 1.82) is 0 Å². The van der Waals surface area contributed by atoms with Crippen molar-refractivity contribution in [3.8, 4) is 50.7 Å². The number of nitrogens with zero attached hydrogens (tertiary/aromatic N) is 4. The number of hydrogen-bond acceptors (Lipinski definition) is 3. The Labute approximate surface area is 325 Å². The van der Waals surface area contributed by atoms with E-state index >= 15 is 0 Å². The summed E-state index contributed by atoms with van der Waals surface area (Å²) in [5.41, 5.74) is 14.6. The van der Waals surface area contributed by atoms with Gasteiger partial charge < -0.3 is 4.57 Å². The fraction of sp³-hybridized carbons (Fsp3) is 0.0192. The van der Waals surface area contributed by atoms with Gasteiger partial charge in [-0.05, 0) is 76.3 Å². The van der Waals surface area contributed by atoms with Crippen LogP contribution in [-0.4, -0.2) is 19.5 Å². The number of rotatable bonds is 6. The maximum Gasteiger partial charge on any atom is 0.160 e. The summed E-state index contributed by atoms with van der Waals surface area (Å²) in [6, 6.07) is 69.4. The topological polar surface area (TPSA) is 43.6 Å². The molecule has 0 spiro atoms. The van der Waals surface area contributed by atoms with Gasteiger partial charge in [-0.3, -0.25) is 4.98 Å². The zero-order valence-corrected chi connectivity index (χ0v) is 30.4. The van der Waals surface area contributed by atoms with Gasteiger partial charge in [-0.25, -0.2) is 9.97 Å². The number of fused-ring (bicyclic) bond motifs is 6. The van der Waals surface area contributed by atoms with Gasteiger partial charge in [0.05, 0.1) is 27.8 Å². The van der Waals surface area contributed by atoms with Crippen LogP contribution in [0, 0.1) is 0 Å². The van der Waals surface area contributed by atoms with Crippen molar-refractivity contribution in [2.24, 2.45) is 0 Å². The van der Waals surface area contributed by atoms with Crippen LogP contribution < -0.4 is 0 Å². The summed E-state index contributed by atoms with van der Waals surface area (Å²) in [6.07, 6.45) is 3.67. The predicted octanol–water partition coefficient (Wildman–Crippen LogP) is 12.3. The molecule has 0 unspecified atom stereocenters. The quantitative estimate of drug-likeness (QED) is 0.172. The lowest BCUT2D eigenvalue weighted by Gasteiger charge is -2.34. The van der Waals surface area contributed by atoms with E-state index in [-0.39, 0.29) is 0 Å². The molecular weight excluding hydrogens is 681 g/mol. The Kier molecular flexibility index (Phi) is 7.36. The van der Waals surface area contributed by atoms with Crippen molar-refractivity contribution in [3.05, 3.63) is 229 Å². The lowest BCUT2D eigenvalue weighted by Crippen LogP contribution is -2.29. The van der Waals surface area contributed by atoms with Crippen LogP contribution in [-0.2, 0) is 5.41 Å². The van der Waals surface area contributed by atoms with Gasteiger partial charge in [0, 0.05) is 51.1 Å². The first kappa shape index (κ1) is 32.0. The van der Waals surface area contributed by atoms with Gasteiger partial charge in [0.1, 0.15) is 0 Å². The van der Waals surface area contributed by atoms with Crippen LogP contribution in [0.3, 0.4) is 0 Å². The van der Waals surface area contributed by atoms with Crippen molar-refractivity contribution >= 4 is 21.8 Å².